The molecule has 32 heavy (non-hydrogen) atoms. The SMILES string of the molecule is O=C(CCc1ccccc1)C1CNCCN1c1ncc2cc(-c3ccc(F)cc3)sc2n1. The molecule has 162 valence electrons. The average molecular weight is 447 g/mol. The van der Waals surface area contributed by atoms with E-state index in [0.29, 0.717) is 25.5 Å². The third-order valence-corrected chi connectivity index (χ3v) is 6.86. The van der Waals surface area contributed by atoms with Crippen molar-refractivity contribution in [1.29, 1.82) is 0 Å². The van der Waals surface area contributed by atoms with Gasteiger partial charge in [-0.3, -0.25) is 4.79 Å². The van der Waals surface area contributed by atoms with E-state index in [1.807, 2.05) is 35.4 Å². The van der Waals surface area contributed by atoms with E-state index in [-0.39, 0.29) is 17.6 Å². The van der Waals surface area contributed by atoms with Crippen molar-refractivity contribution in [2.24, 2.45) is 0 Å². The van der Waals surface area contributed by atoms with Gasteiger partial charge in [0.2, 0.25) is 5.95 Å². The number of hydrogen-bond acceptors (Lipinski definition) is 6. The van der Waals surface area contributed by atoms with Crippen LogP contribution in [0.15, 0.2) is 66.9 Å². The van der Waals surface area contributed by atoms with Crippen LogP contribution in [-0.4, -0.2) is 41.4 Å². The van der Waals surface area contributed by atoms with Crippen molar-refractivity contribution in [1.82, 2.24) is 15.3 Å². The van der Waals surface area contributed by atoms with Crippen LogP contribution in [0.5, 0.6) is 0 Å². The molecule has 1 unspecified atom stereocenters. The van der Waals surface area contributed by atoms with Gasteiger partial charge in [0.1, 0.15) is 16.7 Å². The fraction of sp³-hybridized carbons (Fsp3) is 0.240. The van der Waals surface area contributed by atoms with Gasteiger partial charge in [-0.1, -0.05) is 42.5 Å². The van der Waals surface area contributed by atoms with Crippen LogP contribution >= 0.6 is 11.3 Å². The second kappa shape index (κ2) is 9.14. The normalized spacial score (nSPS) is 16.4. The number of ketones is 1. The molecule has 1 aliphatic rings. The molecule has 1 N–H and O–H groups in total. The first-order valence-electron chi connectivity index (χ1n) is 10.7. The number of carbonyl (C=O) groups excluding carboxylic acids is 1. The summed E-state index contributed by atoms with van der Waals surface area (Å²) in [6.45, 7) is 2.07. The maximum Gasteiger partial charge on any atom is 0.227 e. The molecule has 2 aromatic carbocycles. The summed E-state index contributed by atoms with van der Waals surface area (Å²) in [6.07, 6.45) is 3.04. The molecule has 5 nitrogen and oxygen atoms in total. The quantitative estimate of drug-likeness (QED) is 0.473. The van der Waals surface area contributed by atoms with Gasteiger partial charge in [0.15, 0.2) is 5.78 Å². The Balaban J connectivity index is 1.37. The molecule has 0 bridgehead atoms. The number of halogens is 1. The number of benzene rings is 2. The minimum Gasteiger partial charge on any atom is -0.328 e. The van der Waals surface area contributed by atoms with Crippen molar-refractivity contribution in [3.63, 3.8) is 0 Å². The lowest BCUT2D eigenvalue weighted by Crippen LogP contribution is -2.55. The lowest BCUT2D eigenvalue weighted by Gasteiger charge is -2.35. The number of aromatic nitrogens is 2. The first-order chi connectivity index (χ1) is 15.7. The first kappa shape index (κ1) is 20.7. The maximum atomic E-state index is 13.3. The van der Waals surface area contributed by atoms with Crippen LogP contribution in [-0.2, 0) is 11.2 Å². The molecular weight excluding hydrogens is 423 g/mol. The topological polar surface area (TPSA) is 58.1 Å². The minimum absolute atomic E-state index is 0.197. The fourth-order valence-corrected chi connectivity index (χ4v) is 5.03. The Bertz CT molecular complexity index is 1230. The van der Waals surface area contributed by atoms with E-state index in [1.54, 1.807) is 23.5 Å². The molecule has 7 heteroatoms. The van der Waals surface area contributed by atoms with Gasteiger partial charge in [-0.15, -0.1) is 11.3 Å². The Morgan fingerprint density at radius 1 is 1.16 bits per heavy atom. The molecule has 1 aliphatic heterocycles. The van der Waals surface area contributed by atoms with Crippen LogP contribution in [0, 0.1) is 5.82 Å². The summed E-state index contributed by atoms with van der Waals surface area (Å²) in [5, 5.41) is 4.28. The van der Waals surface area contributed by atoms with E-state index in [9.17, 15) is 9.18 Å². The maximum absolute atomic E-state index is 13.3. The minimum atomic E-state index is -0.276. The number of hydrogen-bond donors (Lipinski definition) is 1. The van der Waals surface area contributed by atoms with Crippen molar-refractivity contribution in [2.75, 3.05) is 24.5 Å². The second-order valence-electron chi connectivity index (χ2n) is 7.91. The lowest BCUT2D eigenvalue weighted by molar-refractivity contribution is -0.120. The van der Waals surface area contributed by atoms with Crippen LogP contribution in [0.1, 0.15) is 12.0 Å². The first-order valence-corrected chi connectivity index (χ1v) is 11.6. The van der Waals surface area contributed by atoms with Gasteiger partial charge in [-0.2, -0.15) is 0 Å². The highest BCUT2D eigenvalue weighted by atomic mass is 32.1. The number of rotatable bonds is 6. The molecule has 1 atom stereocenters. The van der Waals surface area contributed by atoms with E-state index in [4.69, 9.17) is 4.98 Å². The summed E-state index contributed by atoms with van der Waals surface area (Å²) in [5.41, 5.74) is 2.12. The van der Waals surface area contributed by atoms with Gasteiger partial charge >= 0.3 is 0 Å². The summed E-state index contributed by atoms with van der Waals surface area (Å²) in [6, 6.07) is 18.3. The van der Waals surface area contributed by atoms with E-state index < -0.39 is 0 Å². The smallest absolute Gasteiger partial charge is 0.227 e. The molecule has 3 heterocycles. The van der Waals surface area contributed by atoms with Gasteiger partial charge in [0.05, 0.1) is 0 Å². The largest absolute Gasteiger partial charge is 0.328 e. The zero-order chi connectivity index (χ0) is 21.9. The molecular formula is C25H23FN4OS. The van der Waals surface area contributed by atoms with Gasteiger partial charge in [0, 0.05) is 42.5 Å². The van der Waals surface area contributed by atoms with E-state index in [1.165, 1.54) is 17.7 Å². The fourth-order valence-electron chi connectivity index (χ4n) is 4.03. The predicted molar refractivity (Wildman–Crippen MR) is 127 cm³/mol. The Morgan fingerprint density at radius 2 is 1.97 bits per heavy atom. The van der Waals surface area contributed by atoms with Crippen LogP contribution in [0.25, 0.3) is 20.7 Å². The summed E-state index contributed by atoms with van der Waals surface area (Å²) in [5.74, 6) is 0.533. The monoisotopic (exact) mass is 446 g/mol. The van der Waals surface area contributed by atoms with Crippen LogP contribution in [0.2, 0.25) is 0 Å². The summed E-state index contributed by atoms with van der Waals surface area (Å²) < 4.78 is 13.3. The van der Waals surface area contributed by atoms with Crippen molar-refractivity contribution < 1.29 is 9.18 Å². The van der Waals surface area contributed by atoms with Gasteiger partial charge in [-0.25, -0.2) is 14.4 Å². The Hall–Kier alpha value is -3.16. The molecule has 2 aromatic heterocycles. The third-order valence-electron chi connectivity index (χ3n) is 5.76. The summed E-state index contributed by atoms with van der Waals surface area (Å²) >= 11 is 1.55. The van der Waals surface area contributed by atoms with Crippen molar-refractivity contribution in [3.05, 3.63) is 78.2 Å². The average Bonchev–Trinajstić information content (AvgIpc) is 3.27. The molecule has 0 saturated carbocycles. The molecule has 0 spiro atoms. The number of carbonyl (C=O) groups is 1. The number of anilines is 1. The number of aryl methyl sites for hydroxylation is 1. The van der Waals surface area contributed by atoms with Gasteiger partial charge in [0.25, 0.3) is 0 Å². The van der Waals surface area contributed by atoms with Crippen LogP contribution < -0.4 is 10.2 Å². The van der Waals surface area contributed by atoms with Gasteiger partial charge < -0.3 is 10.2 Å². The number of Topliss-reactive ketones (excluding diaryl/α,β-unsaturated/α-hetero) is 1. The highest BCUT2D eigenvalue weighted by Crippen LogP contribution is 2.33. The predicted octanol–water partition coefficient (Wildman–Crippen LogP) is 4.48. The number of piperazine rings is 1. The third kappa shape index (κ3) is 4.40. The molecule has 0 aliphatic carbocycles. The van der Waals surface area contributed by atoms with E-state index >= 15 is 0 Å². The van der Waals surface area contributed by atoms with E-state index in [2.05, 4.69) is 22.4 Å². The number of nitrogens with one attached hydrogen (secondary N) is 1. The highest BCUT2D eigenvalue weighted by Gasteiger charge is 2.30. The van der Waals surface area contributed by atoms with Gasteiger partial charge in [-0.05, 0) is 35.7 Å². The molecule has 0 radical (unpaired) electrons. The summed E-state index contributed by atoms with van der Waals surface area (Å²) in [4.78, 5) is 26.4. The zero-order valence-electron chi connectivity index (χ0n) is 17.5. The zero-order valence-corrected chi connectivity index (χ0v) is 18.3. The molecule has 5 rings (SSSR count). The Labute approximate surface area is 189 Å². The number of thiophene rings is 1. The molecule has 1 saturated heterocycles. The molecule has 4 aromatic rings. The van der Waals surface area contributed by atoms with Crippen LogP contribution in [0.3, 0.4) is 0 Å². The Kier molecular flexibility index (Phi) is 5.92. The number of fused-ring (bicyclic) bond motifs is 1. The number of nitrogens with zero attached hydrogens (tertiary/aromatic N) is 3. The van der Waals surface area contributed by atoms with Crippen molar-refractivity contribution in [3.8, 4) is 10.4 Å². The Morgan fingerprint density at radius 3 is 2.78 bits per heavy atom. The lowest BCUT2D eigenvalue weighted by atomic mass is 10.0. The standard InChI is InChI=1S/C25H23FN4OS/c26-20-9-7-18(8-10-20)23-14-19-15-28-25(29-24(19)32-23)30-13-12-27-16-21(30)22(31)11-6-17-4-2-1-3-5-17/h1-5,7-10,14-15,21,27H,6,11-13,16H2. The molecule has 0 amide bonds. The van der Waals surface area contributed by atoms with Crippen LogP contribution in [0.4, 0.5) is 10.3 Å². The summed E-state index contributed by atoms with van der Waals surface area (Å²) in [7, 11) is 0. The van der Waals surface area contributed by atoms with Crippen molar-refractivity contribution >= 4 is 33.3 Å². The van der Waals surface area contributed by atoms with Crippen molar-refractivity contribution in [2.45, 2.75) is 18.9 Å². The second-order valence-corrected chi connectivity index (χ2v) is 8.94. The molecule has 1 fully saturated rings. The highest BCUT2D eigenvalue weighted by molar-refractivity contribution is 7.21. The van der Waals surface area contributed by atoms with E-state index in [0.717, 1.165) is 33.6 Å².